The molecule has 0 aliphatic heterocycles. The Hall–Kier alpha value is -0.740. The average molecular weight is 260 g/mol. The fourth-order valence-corrected chi connectivity index (χ4v) is 2.34. The lowest BCUT2D eigenvalue weighted by Crippen LogP contribution is -1.95. The summed E-state index contributed by atoms with van der Waals surface area (Å²) in [6.45, 7) is 4.25. The van der Waals surface area contributed by atoms with Crippen LogP contribution < -0.4 is 0 Å². The SMILES string of the molecule is CCC(C)SCc1cc([N+](=O)[O-])ccc1Cl. The van der Waals surface area contributed by atoms with Gasteiger partial charge in [0.25, 0.3) is 5.69 Å². The second-order valence-electron chi connectivity index (χ2n) is 3.56. The molecule has 1 aromatic carbocycles. The van der Waals surface area contributed by atoms with Gasteiger partial charge in [0.1, 0.15) is 0 Å². The van der Waals surface area contributed by atoms with Gasteiger partial charge in [-0.3, -0.25) is 10.1 Å². The summed E-state index contributed by atoms with van der Waals surface area (Å²) in [5.41, 5.74) is 0.935. The van der Waals surface area contributed by atoms with Crippen molar-refractivity contribution >= 4 is 29.1 Å². The Morgan fingerprint density at radius 3 is 2.81 bits per heavy atom. The normalized spacial score (nSPS) is 12.4. The average Bonchev–Trinajstić information content (AvgIpc) is 2.27. The molecule has 0 spiro atoms. The van der Waals surface area contributed by atoms with E-state index in [1.54, 1.807) is 23.9 Å². The van der Waals surface area contributed by atoms with E-state index >= 15 is 0 Å². The highest BCUT2D eigenvalue weighted by Crippen LogP contribution is 2.27. The first-order chi connectivity index (χ1) is 7.54. The molecule has 0 radical (unpaired) electrons. The van der Waals surface area contributed by atoms with Crippen LogP contribution in [0.5, 0.6) is 0 Å². The van der Waals surface area contributed by atoms with E-state index in [9.17, 15) is 10.1 Å². The Balaban J connectivity index is 2.78. The largest absolute Gasteiger partial charge is 0.269 e. The van der Waals surface area contributed by atoms with Gasteiger partial charge in [-0.15, -0.1) is 0 Å². The monoisotopic (exact) mass is 259 g/mol. The molecule has 3 nitrogen and oxygen atoms in total. The second-order valence-corrected chi connectivity index (χ2v) is 5.40. The number of benzene rings is 1. The molecule has 0 saturated heterocycles. The van der Waals surface area contributed by atoms with E-state index in [1.807, 2.05) is 0 Å². The van der Waals surface area contributed by atoms with Gasteiger partial charge in [-0.05, 0) is 18.1 Å². The molecule has 0 aromatic heterocycles. The molecule has 5 heteroatoms. The standard InChI is InChI=1S/C11H14ClNO2S/c1-3-8(2)16-7-9-6-10(13(14)15)4-5-11(9)12/h4-6,8H,3,7H2,1-2H3. The van der Waals surface area contributed by atoms with Crippen molar-refractivity contribution in [2.75, 3.05) is 0 Å². The summed E-state index contributed by atoms with van der Waals surface area (Å²) in [6, 6.07) is 4.57. The summed E-state index contributed by atoms with van der Waals surface area (Å²) in [6.07, 6.45) is 1.08. The number of nitrogens with zero attached hydrogens (tertiary/aromatic N) is 1. The number of nitro groups is 1. The Morgan fingerprint density at radius 2 is 2.25 bits per heavy atom. The van der Waals surface area contributed by atoms with Crippen LogP contribution in [0.15, 0.2) is 18.2 Å². The first kappa shape index (κ1) is 13.3. The minimum Gasteiger partial charge on any atom is -0.258 e. The molecule has 0 bridgehead atoms. The summed E-state index contributed by atoms with van der Waals surface area (Å²) < 4.78 is 0. The topological polar surface area (TPSA) is 43.1 Å². The van der Waals surface area contributed by atoms with Crippen molar-refractivity contribution in [2.45, 2.75) is 31.3 Å². The van der Waals surface area contributed by atoms with Crippen LogP contribution in [0, 0.1) is 10.1 Å². The number of thioether (sulfide) groups is 1. The van der Waals surface area contributed by atoms with Crippen molar-refractivity contribution in [3.63, 3.8) is 0 Å². The fraction of sp³-hybridized carbons (Fsp3) is 0.455. The van der Waals surface area contributed by atoms with Crippen molar-refractivity contribution in [3.8, 4) is 0 Å². The molecule has 0 aliphatic rings. The Morgan fingerprint density at radius 1 is 1.56 bits per heavy atom. The predicted molar refractivity (Wildman–Crippen MR) is 69.2 cm³/mol. The van der Waals surface area contributed by atoms with Crippen molar-refractivity contribution in [3.05, 3.63) is 38.9 Å². The van der Waals surface area contributed by atoms with E-state index in [2.05, 4.69) is 13.8 Å². The maximum atomic E-state index is 10.6. The maximum Gasteiger partial charge on any atom is 0.269 e. The van der Waals surface area contributed by atoms with Crippen LogP contribution in [-0.4, -0.2) is 10.2 Å². The summed E-state index contributed by atoms with van der Waals surface area (Å²) in [5, 5.41) is 11.8. The van der Waals surface area contributed by atoms with Gasteiger partial charge in [-0.2, -0.15) is 11.8 Å². The van der Waals surface area contributed by atoms with Gasteiger partial charge < -0.3 is 0 Å². The summed E-state index contributed by atoms with van der Waals surface area (Å²) >= 11 is 7.75. The lowest BCUT2D eigenvalue weighted by atomic mass is 10.2. The number of halogens is 1. The highest BCUT2D eigenvalue weighted by molar-refractivity contribution is 7.99. The quantitative estimate of drug-likeness (QED) is 0.586. The molecule has 0 aliphatic carbocycles. The Bertz CT molecular complexity index is 384. The lowest BCUT2D eigenvalue weighted by molar-refractivity contribution is -0.384. The third-order valence-electron chi connectivity index (χ3n) is 2.34. The van der Waals surface area contributed by atoms with Gasteiger partial charge in [-0.25, -0.2) is 0 Å². The summed E-state index contributed by atoms with van der Waals surface area (Å²) in [5.74, 6) is 0.718. The van der Waals surface area contributed by atoms with E-state index in [4.69, 9.17) is 11.6 Å². The third kappa shape index (κ3) is 3.68. The van der Waals surface area contributed by atoms with Crippen LogP contribution in [-0.2, 0) is 5.75 Å². The van der Waals surface area contributed by atoms with Crippen LogP contribution in [0.1, 0.15) is 25.8 Å². The summed E-state index contributed by atoms with van der Waals surface area (Å²) in [4.78, 5) is 10.2. The van der Waals surface area contributed by atoms with Gasteiger partial charge in [0, 0.05) is 28.2 Å². The molecular formula is C11H14ClNO2S. The van der Waals surface area contributed by atoms with Crippen LogP contribution in [0.25, 0.3) is 0 Å². The minimum absolute atomic E-state index is 0.101. The predicted octanol–water partition coefficient (Wildman–Crippen LogP) is 4.28. The zero-order valence-corrected chi connectivity index (χ0v) is 10.8. The third-order valence-corrected chi connectivity index (χ3v) is 4.09. The number of non-ortho nitro benzene ring substituents is 1. The van der Waals surface area contributed by atoms with E-state index < -0.39 is 4.92 Å². The van der Waals surface area contributed by atoms with Crippen molar-refractivity contribution in [2.24, 2.45) is 0 Å². The van der Waals surface area contributed by atoms with Crippen molar-refractivity contribution in [1.29, 1.82) is 0 Å². The Kier molecular flexibility index (Phi) is 5.09. The molecule has 16 heavy (non-hydrogen) atoms. The van der Waals surface area contributed by atoms with Gasteiger partial charge in [0.2, 0.25) is 0 Å². The smallest absolute Gasteiger partial charge is 0.258 e. The van der Waals surface area contributed by atoms with Crippen LogP contribution in [0.4, 0.5) is 5.69 Å². The molecule has 0 fully saturated rings. The first-order valence-electron chi connectivity index (χ1n) is 5.09. The van der Waals surface area contributed by atoms with E-state index in [1.165, 1.54) is 6.07 Å². The molecule has 1 unspecified atom stereocenters. The van der Waals surface area contributed by atoms with E-state index in [-0.39, 0.29) is 5.69 Å². The van der Waals surface area contributed by atoms with E-state index in [0.717, 1.165) is 17.7 Å². The zero-order valence-electron chi connectivity index (χ0n) is 9.27. The van der Waals surface area contributed by atoms with Crippen LogP contribution in [0.2, 0.25) is 5.02 Å². The highest BCUT2D eigenvalue weighted by Gasteiger charge is 2.10. The lowest BCUT2D eigenvalue weighted by Gasteiger charge is -2.09. The van der Waals surface area contributed by atoms with Crippen LogP contribution in [0.3, 0.4) is 0 Å². The fourth-order valence-electron chi connectivity index (χ4n) is 1.14. The number of hydrogen-bond donors (Lipinski definition) is 0. The number of nitro benzene ring substituents is 1. The maximum absolute atomic E-state index is 10.6. The molecule has 0 heterocycles. The minimum atomic E-state index is -0.395. The van der Waals surface area contributed by atoms with Crippen molar-refractivity contribution in [1.82, 2.24) is 0 Å². The van der Waals surface area contributed by atoms with Crippen LogP contribution >= 0.6 is 23.4 Å². The molecule has 0 N–H and O–H groups in total. The second kappa shape index (κ2) is 6.11. The summed E-state index contributed by atoms with van der Waals surface area (Å²) in [7, 11) is 0. The van der Waals surface area contributed by atoms with E-state index in [0.29, 0.717) is 10.3 Å². The molecule has 88 valence electrons. The van der Waals surface area contributed by atoms with Gasteiger partial charge in [0.05, 0.1) is 4.92 Å². The Labute approximate surface area is 104 Å². The number of hydrogen-bond acceptors (Lipinski definition) is 3. The molecule has 0 saturated carbocycles. The van der Waals surface area contributed by atoms with Gasteiger partial charge in [0.15, 0.2) is 0 Å². The molecule has 0 amide bonds. The highest BCUT2D eigenvalue weighted by atomic mass is 35.5. The van der Waals surface area contributed by atoms with Gasteiger partial charge in [-0.1, -0.05) is 25.4 Å². The molecule has 1 rings (SSSR count). The van der Waals surface area contributed by atoms with Gasteiger partial charge >= 0.3 is 0 Å². The molecule has 1 atom stereocenters. The molecule has 1 aromatic rings. The zero-order chi connectivity index (χ0) is 12.1. The number of rotatable bonds is 5. The van der Waals surface area contributed by atoms with Crippen molar-refractivity contribution < 1.29 is 4.92 Å². The first-order valence-corrected chi connectivity index (χ1v) is 6.51. The molecular weight excluding hydrogens is 246 g/mol.